The summed E-state index contributed by atoms with van der Waals surface area (Å²) in [5.41, 5.74) is 3.78. The Labute approximate surface area is 305 Å². The summed E-state index contributed by atoms with van der Waals surface area (Å²) in [5.74, 6) is 0.600. The second kappa shape index (κ2) is 11.6. The van der Waals surface area contributed by atoms with Gasteiger partial charge >= 0.3 is 0 Å². The third-order valence-corrected chi connectivity index (χ3v) is 10.0. The van der Waals surface area contributed by atoms with Crippen molar-refractivity contribution in [1.29, 1.82) is 0 Å². The lowest BCUT2D eigenvalue weighted by atomic mass is 10.0. The highest BCUT2D eigenvalue weighted by atomic mass is 32.1. The number of fused-ring (bicyclic) bond motifs is 6. The minimum atomic E-state index is -0.545. The van der Waals surface area contributed by atoms with Crippen LogP contribution >= 0.6 is 11.3 Å². The number of benzene rings is 7. The Kier molecular flexibility index (Phi) is 4.84. The summed E-state index contributed by atoms with van der Waals surface area (Å²) in [6.07, 6.45) is 0. The van der Waals surface area contributed by atoms with E-state index in [1.54, 1.807) is 29.5 Å². The lowest BCUT2D eigenvalue weighted by Gasteiger charge is -2.13. The summed E-state index contributed by atoms with van der Waals surface area (Å²) in [7, 11) is 0. The molecule has 10 rings (SSSR count). The molecule has 0 spiro atoms. The lowest BCUT2D eigenvalue weighted by molar-refractivity contribution is 0.954. The smallest absolute Gasteiger partial charge is 0.238 e. The van der Waals surface area contributed by atoms with E-state index in [4.69, 9.17) is 25.9 Å². The Balaban J connectivity index is 1.31. The molecule has 0 atom stereocenters. The van der Waals surface area contributed by atoms with Crippen LogP contribution in [-0.4, -0.2) is 19.5 Å². The molecule has 0 bridgehead atoms. The van der Waals surface area contributed by atoms with E-state index < -0.39 is 42.3 Å². The fourth-order valence-electron chi connectivity index (χ4n) is 6.58. The van der Waals surface area contributed by atoms with Crippen LogP contribution in [0.1, 0.15) is 12.3 Å². The van der Waals surface area contributed by atoms with Gasteiger partial charge in [0.05, 0.1) is 23.4 Å². The third kappa shape index (κ3) is 4.71. The van der Waals surface area contributed by atoms with E-state index in [1.165, 1.54) is 4.57 Å². The molecule has 5 heteroatoms. The van der Waals surface area contributed by atoms with Gasteiger partial charge in [0, 0.05) is 47.6 Å². The van der Waals surface area contributed by atoms with Crippen molar-refractivity contribution in [1.82, 2.24) is 19.5 Å². The van der Waals surface area contributed by atoms with Crippen LogP contribution < -0.4 is 0 Å². The number of hydrogen-bond donors (Lipinski definition) is 0. The van der Waals surface area contributed by atoms with Gasteiger partial charge in [-0.05, 0) is 34.9 Å². The first kappa shape index (κ1) is 20.8. The summed E-state index contributed by atoms with van der Waals surface area (Å²) in [6, 6.07) is 32.8. The summed E-state index contributed by atoms with van der Waals surface area (Å²) in [5, 5.41) is 2.75. The SMILES string of the molecule is [2H]c1c([2H])c([2H])c(-c2cccc3c4c([2H])c([2H])c([2H])c([2H])c4n(-c4nc(-c5ccc(-c6ccccc6)cc5)nc(-c5ccc6c(c5)sc5ccccc56)n4)c23)c([2H])c1[2H]. The molecule has 0 amide bonds. The zero-order valence-corrected chi connectivity index (χ0v) is 27.0. The van der Waals surface area contributed by atoms with Crippen LogP contribution in [0, 0.1) is 0 Å². The van der Waals surface area contributed by atoms with Crippen LogP contribution in [0.15, 0.2) is 170 Å². The van der Waals surface area contributed by atoms with E-state index in [-0.39, 0.29) is 51.4 Å². The van der Waals surface area contributed by atoms with Crippen molar-refractivity contribution in [2.45, 2.75) is 0 Å². The number of para-hydroxylation sites is 2. The summed E-state index contributed by atoms with van der Waals surface area (Å²) in [6.45, 7) is 0. The van der Waals surface area contributed by atoms with Crippen molar-refractivity contribution in [3.8, 4) is 51.0 Å². The maximum atomic E-state index is 9.25. The molecular formula is C45H28N4S. The zero-order valence-electron chi connectivity index (χ0n) is 35.2. The molecule has 0 aliphatic rings. The fourth-order valence-corrected chi connectivity index (χ4v) is 7.73. The topological polar surface area (TPSA) is 43.6 Å². The summed E-state index contributed by atoms with van der Waals surface area (Å²) >= 11 is 1.65. The van der Waals surface area contributed by atoms with E-state index in [1.807, 2.05) is 84.9 Å². The molecule has 0 N–H and O–H groups in total. The molecule has 4 nitrogen and oxygen atoms in total. The van der Waals surface area contributed by atoms with Gasteiger partial charge in [0.25, 0.3) is 0 Å². The third-order valence-electron chi connectivity index (χ3n) is 8.90. The van der Waals surface area contributed by atoms with E-state index in [0.29, 0.717) is 22.3 Å². The van der Waals surface area contributed by atoms with Crippen LogP contribution in [0.2, 0.25) is 0 Å². The van der Waals surface area contributed by atoms with Crippen LogP contribution in [0.25, 0.3) is 93.0 Å². The predicted molar refractivity (Wildman–Crippen MR) is 209 cm³/mol. The molecule has 0 saturated carbocycles. The van der Waals surface area contributed by atoms with Gasteiger partial charge in [0.1, 0.15) is 0 Å². The molecule has 0 radical (unpaired) electrons. The van der Waals surface area contributed by atoms with E-state index in [9.17, 15) is 1.37 Å². The van der Waals surface area contributed by atoms with Gasteiger partial charge in [-0.3, -0.25) is 4.57 Å². The second-order valence-corrected chi connectivity index (χ2v) is 12.9. The second-order valence-electron chi connectivity index (χ2n) is 11.8. The highest BCUT2D eigenvalue weighted by molar-refractivity contribution is 7.25. The highest BCUT2D eigenvalue weighted by Crippen LogP contribution is 2.39. The minimum absolute atomic E-state index is 0.0124. The average Bonchev–Trinajstić information content (AvgIpc) is 3.83. The van der Waals surface area contributed by atoms with Crippen LogP contribution in [-0.2, 0) is 0 Å². The molecule has 0 saturated heterocycles. The standard InChI is InChI=1S/C45H28N4S/c1-3-12-29(13-4-1)30-22-24-32(25-23-30)43-46-44(33-26-27-37-36-17-8-10-21-40(36)50-41(37)28-33)48-45(47-43)49-39-20-9-7-16-35(39)38-19-11-18-34(42(38)49)31-14-5-2-6-15-31/h1-28H/i2D,5D,6D,7D,9D,14D,15D,16D,20D. The Morgan fingerprint density at radius 3 is 1.98 bits per heavy atom. The Hall–Kier alpha value is -6.43. The van der Waals surface area contributed by atoms with Gasteiger partial charge in [-0.25, -0.2) is 4.98 Å². The van der Waals surface area contributed by atoms with Gasteiger partial charge in [-0.2, -0.15) is 9.97 Å². The first-order chi connectivity index (χ1) is 28.5. The number of hydrogen-bond acceptors (Lipinski definition) is 4. The molecule has 234 valence electrons. The first-order valence-electron chi connectivity index (χ1n) is 20.5. The van der Waals surface area contributed by atoms with Crippen molar-refractivity contribution in [3.63, 3.8) is 0 Å². The van der Waals surface area contributed by atoms with Gasteiger partial charge < -0.3 is 0 Å². The van der Waals surface area contributed by atoms with Crippen molar-refractivity contribution >= 4 is 53.3 Å². The highest BCUT2D eigenvalue weighted by Gasteiger charge is 2.20. The molecular weight excluding hydrogens is 629 g/mol. The van der Waals surface area contributed by atoms with Gasteiger partial charge in [0.15, 0.2) is 11.6 Å². The largest absolute Gasteiger partial charge is 0.277 e. The van der Waals surface area contributed by atoms with Gasteiger partial charge in [-0.1, -0.05) is 151 Å². The monoisotopic (exact) mass is 665 g/mol. The quantitative estimate of drug-likeness (QED) is 0.184. The summed E-state index contributed by atoms with van der Waals surface area (Å²) < 4.78 is 82.5. The summed E-state index contributed by atoms with van der Waals surface area (Å²) in [4.78, 5) is 15.1. The predicted octanol–water partition coefficient (Wildman–Crippen LogP) is 12.0. The van der Waals surface area contributed by atoms with Crippen molar-refractivity contribution in [2.24, 2.45) is 0 Å². The van der Waals surface area contributed by atoms with Crippen LogP contribution in [0.4, 0.5) is 0 Å². The van der Waals surface area contributed by atoms with Crippen molar-refractivity contribution < 1.29 is 12.3 Å². The normalized spacial score (nSPS) is 14.1. The Bertz CT molecular complexity index is 3350. The number of aromatic nitrogens is 4. The number of thiophene rings is 1. The average molecular weight is 666 g/mol. The molecule has 0 aliphatic carbocycles. The molecule has 0 fully saturated rings. The van der Waals surface area contributed by atoms with Gasteiger partial charge in [0.2, 0.25) is 5.95 Å². The van der Waals surface area contributed by atoms with Gasteiger partial charge in [-0.15, -0.1) is 11.3 Å². The first-order valence-corrected chi connectivity index (χ1v) is 16.8. The number of nitrogens with zero attached hydrogens (tertiary/aromatic N) is 4. The fraction of sp³-hybridized carbons (Fsp3) is 0. The molecule has 0 unspecified atom stereocenters. The lowest BCUT2D eigenvalue weighted by Crippen LogP contribution is -2.07. The zero-order chi connectivity index (χ0) is 40.9. The van der Waals surface area contributed by atoms with Crippen LogP contribution in [0.3, 0.4) is 0 Å². The molecule has 3 aromatic heterocycles. The van der Waals surface area contributed by atoms with E-state index in [2.05, 4.69) is 12.1 Å². The Morgan fingerprint density at radius 2 is 1.12 bits per heavy atom. The minimum Gasteiger partial charge on any atom is -0.277 e. The van der Waals surface area contributed by atoms with E-state index in [0.717, 1.165) is 31.3 Å². The van der Waals surface area contributed by atoms with Crippen molar-refractivity contribution in [3.05, 3.63) is 170 Å². The molecule has 7 aromatic carbocycles. The maximum Gasteiger partial charge on any atom is 0.238 e. The molecule has 10 aromatic rings. The molecule has 3 heterocycles. The Morgan fingerprint density at radius 1 is 0.460 bits per heavy atom. The molecule has 0 aliphatic heterocycles. The molecule has 50 heavy (non-hydrogen) atoms. The van der Waals surface area contributed by atoms with Crippen LogP contribution in [0.5, 0.6) is 0 Å². The van der Waals surface area contributed by atoms with E-state index >= 15 is 0 Å². The maximum absolute atomic E-state index is 9.25. The van der Waals surface area contributed by atoms with Crippen molar-refractivity contribution in [2.75, 3.05) is 0 Å². The number of rotatable bonds is 5.